The van der Waals surface area contributed by atoms with Crippen molar-refractivity contribution in [2.75, 3.05) is 32.8 Å². The number of halogens is 3. The van der Waals surface area contributed by atoms with E-state index in [1.807, 2.05) is 0 Å². The quantitative estimate of drug-likeness (QED) is 0.875. The van der Waals surface area contributed by atoms with Crippen molar-refractivity contribution in [2.24, 2.45) is 5.92 Å². The summed E-state index contributed by atoms with van der Waals surface area (Å²) in [6, 6.07) is 4.56. The van der Waals surface area contributed by atoms with Gasteiger partial charge in [-0.05, 0) is 43.0 Å². The van der Waals surface area contributed by atoms with Crippen LogP contribution in [0.15, 0.2) is 18.2 Å². The lowest BCUT2D eigenvalue weighted by atomic mass is 10.1. The SMILES string of the molecule is Cl.O=C(CNCC1CC1)N1CCOC(c2ccc(F)c(Cl)c2)C1. The van der Waals surface area contributed by atoms with Gasteiger partial charge in [-0.15, -0.1) is 12.4 Å². The number of ether oxygens (including phenoxy) is 1. The van der Waals surface area contributed by atoms with E-state index in [4.69, 9.17) is 16.3 Å². The number of hydrogen-bond acceptors (Lipinski definition) is 3. The van der Waals surface area contributed by atoms with E-state index in [-0.39, 0.29) is 29.4 Å². The molecule has 0 spiro atoms. The van der Waals surface area contributed by atoms with Gasteiger partial charge in [-0.1, -0.05) is 17.7 Å². The lowest BCUT2D eigenvalue weighted by molar-refractivity contribution is -0.138. The van der Waals surface area contributed by atoms with Crippen molar-refractivity contribution in [3.8, 4) is 0 Å². The van der Waals surface area contributed by atoms with Crippen molar-refractivity contribution in [1.82, 2.24) is 10.2 Å². The van der Waals surface area contributed by atoms with Gasteiger partial charge in [0.25, 0.3) is 0 Å². The van der Waals surface area contributed by atoms with Gasteiger partial charge in [-0.3, -0.25) is 4.79 Å². The molecule has 1 amide bonds. The van der Waals surface area contributed by atoms with Crippen LogP contribution in [0.5, 0.6) is 0 Å². The molecule has 2 fully saturated rings. The number of nitrogens with zero attached hydrogens (tertiary/aromatic N) is 1. The van der Waals surface area contributed by atoms with Gasteiger partial charge in [0.2, 0.25) is 5.91 Å². The van der Waals surface area contributed by atoms with E-state index in [1.54, 1.807) is 17.0 Å². The first-order valence-corrected chi connectivity index (χ1v) is 8.06. The highest BCUT2D eigenvalue weighted by Crippen LogP contribution is 2.28. The highest BCUT2D eigenvalue weighted by atomic mass is 35.5. The summed E-state index contributed by atoms with van der Waals surface area (Å²) in [7, 11) is 0. The molecule has 23 heavy (non-hydrogen) atoms. The molecule has 1 atom stereocenters. The third kappa shape index (κ3) is 5.05. The maximum absolute atomic E-state index is 13.2. The predicted molar refractivity (Wildman–Crippen MR) is 89.5 cm³/mol. The average molecular weight is 363 g/mol. The number of carbonyl (C=O) groups is 1. The van der Waals surface area contributed by atoms with Crippen LogP contribution in [0.25, 0.3) is 0 Å². The van der Waals surface area contributed by atoms with Crippen molar-refractivity contribution >= 4 is 29.9 Å². The standard InChI is InChI=1S/C16H20ClFN2O2.ClH/c17-13-7-12(3-4-14(13)18)15-10-20(5-6-22-15)16(21)9-19-8-11-1-2-11;/h3-4,7,11,15,19H,1-2,5-6,8-10H2;1H. The van der Waals surface area contributed by atoms with Gasteiger partial charge >= 0.3 is 0 Å². The Morgan fingerprint density at radius 1 is 1.43 bits per heavy atom. The van der Waals surface area contributed by atoms with Gasteiger partial charge in [0.05, 0.1) is 24.7 Å². The van der Waals surface area contributed by atoms with Gasteiger partial charge in [0.15, 0.2) is 0 Å². The molecule has 1 aliphatic heterocycles. The van der Waals surface area contributed by atoms with Crippen LogP contribution in [0.2, 0.25) is 5.02 Å². The summed E-state index contributed by atoms with van der Waals surface area (Å²) < 4.78 is 18.9. The monoisotopic (exact) mass is 362 g/mol. The van der Waals surface area contributed by atoms with Crippen molar-refractivity contribution in [1.29, 1.82) is 0 Å². The Morgan fingerprint density at radius 3 is 2.91 bits per heavy atom. The molecular weight excluding hydrogens is 342 g/mol. The molecule has 0 aromatic heterocycles. The molecule has 1 aromatic carbocycles. The minimum absolute atomic E-state index is 0. The van der Waals surface area contributed by atoms with Crippen molar-refractivity contribution < 1.29 is 13.9 Å². The van der Waals surface area contributed by atoms with Crippen LogP contribution in [0, 0.1) is 11.7 Å². The normalized spacial score (nSPS) is 21.0. The van der Waals surface area contributed by atoms with Crippen molar-refractivity contribution in [3.05, 3.63) is 34.6 Å². The van der Waals surface area contributed by atoms with Crippen LogP contribution in [-0.4, -0.2) is 43.6 Å². The number of rotatable bonds is 5. The van der Waals surface area contributed by atoms with Gasteiger partial charge < -0.3 is 15.0 Å². The Kier molecular flexibility index (Phi) is 6.65. The minimum Gasteiger partial charge on any atom is -0.370 e. The molecular formula is C16H21Cl2FN2O2. The van der Waals surface area contributed by atoms with Gasteiger partial charge in [-0.2, -0.15) is 0 Å². The molecule has 1 N–H and O–H groups in total. The van der Waals surface area contributed by atoms with E-state index in [0.717, 1.165) is 18.0 Å². The van der Waals surface area contributed by atoms with Crippen LogP contribution in [0.3, 0.4) is 0 Å². The highest BCUT2D eigenvalue weighted by Gasteiger charge is 2.26. The molecule has 1 saturated heterocycles. The fourth-order valence-electron chi connectivity index (χ4n) is 2.61. The van der Waals surface area contributed by atoms with Crippen molar-refractivity contribution in [2.45, 2.75) is 18.9 Å². The van der Waals surface area contributed by atoms with Crippen LogP contribution in [0.1, 0.15) is 24.5 Å². The number of amides is 1. The van der Waals surface area contributed by atoms with Crippen LogP contribution < -0.4 is 5.32 Å². The molecule has 3 rings (SSSR count). The maximum atomic E-state index is 13.2. The average Bonchev–Trinajstić information content (AvgIpc) is 3.34. The zero-order valence-corrected chi connectivity index (χ0v) is 14.3. The van der Waals surface area contributed by atoms with Crippen LogP contribution in [-0.2, 0) is 9.53 Å². The maximum Gasteiger partial charge on any atom is 0.236 e. The third-order valence-electron chi connectivity index (χ3n) is 4.14. The first-order valence-electron chi connectivity index (χ1n) is 7.68. The molecule has 4 nitrogen and oxygen atoms in total. The Labute approximate surface area is 146 Å². The Morgan fingerprint density at radius 2 is 2.22 bits per heavy atom. The molecule has 7 heteroatoms. The Hall–Kier alpha value is -0.880. The number of morpholine rings is 1. The Bertz CT molecular complexity index is 555. The molecule has 1 heterocycles. The first-order chi connectivity index (χ1) is 10.6. The van der Waals surface area contributed by atoms with Gasteiger partial charge in [0, 0.05) is 6.54 Å². The van der Waals surface area contributed by atoms with Gasteiger partial charge in [0.1, 0.15) is 11.9 Å². The topological polar surface area (TPSA) is 41.6 Å². The molecule has 0 bridgehead atoms. The van der Waals surface area contributed by atoms with E-state index in [1.165, 1.54) is 18.9 Å². The van der Waals surface area contributed by atoms with E-state index in [2.05, 4.69) is 5.32 Å². The summed E-state index contributed by atoms with van der Waals surface area (Å²) in [5, 5.41) is 3.29. The molecule has 0 radical (unpaired) electrons. The smallest absolute Gasteiger partial charge is 0.236 e. The fraction of sp³-hybridized carbons (Fsp3) is 0.562. The predicted octanol–water partition coefficient (Wildman–Crippen LogP) is 2.80. The van der Waals surface area contributed by atoms with Crippen LogP contribution in [0.4, 0.5) is 4.39 Å². The summed E-state index contributed by atoms with van der Waals surface area (Å²) in [5.41, 5.74) is 0.801. The fourth-order valence-corrected chi connectivity index (χ4v) is 2.80. The molecule has 128 valence electrons. The Balaban J connectivity index is 0.00000192. The summed E-state index contributed by atoms with van der Waals surface area (Å²) >= 11 is 5.81. The summed E-state index contributed by atoms with van der Waals surface area (Å²) in [6.07, 6.45) is 2.29. The molecule has 1 aromatic rings. The zero-order valence-electron chi connectivity index (χ0n) is 12.8. The lowest BCUT2D eigenvalue weighted by Gasteiger charge is -2.33. The lowest BCUT2D eigenvalue weighted by Crippen LogP contribution is -2.46. The molecule has 1 aliphatic carbocycles. The first kappa shape index (κ1) is 18.5. The zero-order chi connectivity index (χ0) is 15.5. The molecule has 1 saturated carbocycles. The van der Waals surface area contributed by atoms with E-state index in [9.17, 15) is 9.18 Å². The third-order valence-corrected chi connectivity index (χ3v) is 4.43. The van der Waals surface area contributed by atoms with Crippen LogP contribution >= 0.6 is 24.0 Å². The number of hydrogen-bond donors (Lipinski definition) is 1. The number of carbonyl (C=O) groups excluding carboxylic acids is 1. The van der Waals surface area contributed by atoms with E-state index in [0.29, 0.717) is 26.2 Å². The number of nitrogens with one attached hydrogen (secondary N) is 1. The second-order valence-electron chi connectivity index (χ2n) is 5.95. The highest BCUT2D eigenvalue weighted by molar-refractivity contribution is 6.30. The van der Waals surface area contributed by atoms with E-state index < -0.39 is 5.82 Å². The second-order valence-corrected chi connectivity index (χ2v) is 6.35. The minimum atomic E-state index is -0.446. The van der Waals surface area contributed by atoms with Crippen molar-refractivity contribution in [3.63, 3.8) is 0 Å². The second kappa shape index (κ2) is 8.29. The summed E-state index contributed by atoms with van der Waals surface area (Å²) in [6.45, 7) is 2.84. The molecule has 1 unspecified atom stereocenters. The number of benzene rings is 1. The summed E-state index contributed by atoms with van der Waals surface area (Å²) in [4.78, 5) is 14.0. The van der Waals surface area contributed by atoms with Gasteiger partial charge in [-0.25, -0.2) is 4.39 Å². The van der Waals surface area contributed by atoms with E-state index >= 15 is 0 Å². The summed E-state index contributed by atoms with van der Waals surface area (Å²) in [5.74, 6) is 0.396. The largest absolute Gasteiger partial charge is 0.370 e. The molecule has 2 aliphatic rings.